The third kappa shape index (κ3) is 2.61. The number of pyridine rings is 1. The van der Waals surface area contributed by atoms with E-state index in [1.165, 1.54) is 6.20 Å². The highest BCUT2D eigenvalue weighted by Gasteiger charge is 2.10. The Labute approximate surface area is 111 Å². The molecule has 0 radical (unpaired) electrons. The van der Waals surface area contributed by atoms with Crippen molar-refractivity contribution in [2.45, 2.75) is 13.8 Å². The summed E-state index contributed by atoms with van der Waals surface area (Å²) in [5.74, 6) is 1.18. The standard InChI is InChI=1S/C15H12N2O2/c1-10-13(9-18)8-17-11(2)15(10)19-14-5-3-12(7-16)4-6-14/h3-6,8-9H,1-2H3. The molecule has 4 nitrogen and oxygen atoms in total. The highest BCUT2D eigenvalue weighted by molar-refractivity contribution is 5.78. The Morgan fingerprint density at radius 3 is 2.53 bits per heavy atom. The Balaban J connectivity index is 2.37. The molecule has 0 amide bonds. The number of nitriles is 1. The lowest BCUT2D eigenvalue weighted by Gasteiger charge is -2.12. The van der Waals surface area contributed by atoms with E-state index in [2.05, 4.69) is 4.98 Å². The molecule has 0 N–H and O–H groups in total. The van der Waals surface area contributed by atoms with Crippen LogP contribution in [0.2, 0.25) is 0 Å². The molecule has 0 atom stereocenters. The van der Waals surface area contributed by atoms with E-state index in [1.54, 1.807) is 24.3 Å². The van der Waals surface area contributed by atoms with Gasteiger partial charge in [-0.25, -0.2) is 0 Å². The van der Waals surface area contributed by atoms with Crippen LogP contribution in [0, 0.1) is 25.2 Å². The van der Waals surface area contributed by atoms with E-state index in [1.807, 2.05) is 19.9 Å². The molecule has 2 aromatic rings. The average molecular weight is 252 g/mol. The van der Waals surface area contributed by atoms with Crippen LogP contribution in [0.4, 0.5) is 0 Å². The van der Waals surface area contributed by atoms with Gasteiger partial charge < -0.3 is 4.74 Å². The monoisotopic (exact) mass is 252 g/mol. The maximum atomic E-state index is 10.9. The van der Waals surface area contributed by atoms with Crippen LogP contribution in [0.3, 0.4) is 0 Å². The molecular formula is C15H12N2O2. The van der Waals surface area contributed by atoms with Crippen LogP contribution in [-0.4, -0.2) is 11.3 Å². The maximum absolute atomic E-state index is 10.9. The van der Waals surface area contributed by atoms with Gasteiger partial charge in [-0.2, -0.15) is 5.26 Å². The zero-order valence-corrected chi connectivity index (χ0v) is 10.7. The van der Waals surface area contributed by atoms with E-state index in [0.717, 1.165) is 11.8 Å². The number of hydrogen-bond donors (Lipinski definition) is 0. The minimum atomic E-state index is 0.509. The molecule has 0 aliphatic rings. The number of aromatic nitrogens is 1. The Bertz CT molecular complexity index is 655. The third-order valence-corrected chi connectivity index (χ3v) is 2.83. The van der Waals surface area contributed by atoms with Gasteiger partial charge in [-0.1, -0.05) is 0 Å². The fourth-order valence-electron chi connectivity index (χ4n) is 1.71. The smallest absolute Gasteiger partial charge is 0.152 e. The molecule has 0 saturated carbocycles. The summed E-state index contributed by atoms with van der Waals surface area (Å²) < 4.78 is 5.75. The number of ether oxygens (including phenoxy) is 1. The quantitative estimate of drug-likeness (QED) is 0.787. The van der Waals surface area contributed by atoms with Gasteiger partial charge in [-0.05, 0) is 38.1 Å². The number of aldehydes is 1. The Morgan fingerprint density at radius 1 is 1.26 bits per heavy atom. The second-order valence-corrected chi connectivity index (χ2v) is 4.11. The Hall–Kier alpha value is -2.67. The van der Waals surface area contributed by atoms with Crippen molar-refractivity contribution in [3.8, 4) is 17.6 Å². The number of hydrogen-bond acceptors (Lipinski definition) is 4. The first-order chi connectivity index (χ1) is 9.15. The number of carbonyl (C=O) groups is 1. The second kappa shape index (κ2) is 5.32. The first kappa shape index (κ1) is 12.8. The highest BCUT2D eigenvalue weighted by Crippen LogP contribution is 2.29. The van der Waals surface area contributed by atoms with Crippen molar-refractivity contribution in [3.63, 3.8) is 0 Å². The fourth-order valence-corrected chi connectivity index (χ4v) is 1.71. The molecule has 0 fully saturated rings. The van der Waals surface area contributed by atoms with Crippen molar-refractivity contribution in [1.82, 2.24) is 4.98 Å². The highest BCUT2D eigenvalue weighted by atomic mass is 16.5. The summed E-state index contributed by atoms with van der Waals surface area (Å²) >= 11 is 0. The Kier molecular flexibility index (Phi) is 3.58. The van der Waals surface area contributed by atoms with Gasteiger partial charge in [0.05, 0.1) is 17.3 Å². The van der Waals surface area contributed by atoms with Crippen molar-refractivity contribution >= 4 is 6.29 Å². The van der Waals surface area contributed by atoms with Crippen LogP contribution < -0.4 is 4.74 Å². The van der Waals surface area contributed by atoms with Crippen LogP contribution in [-0.2, 0) is 0 Å². The number of aryl methyl sites for hydroxylation is 1. The van der Waals surface area contributed by atoms with Gasteiger partial charge in [-0.3, -0.25) is 9.78 Å². The van der Waals surface area contributed by atoms with E-state index in [-0.39, 0.29) is 0 Å². The molecule has 19 heavy (non-hydrogen) atoms. The van der Waals surface area contributed by atoms with Crippen LogP contribution >= 0.6 is 0 Å². The summed E-state index contributed by atoms with van der Waals surface area (Å²) in [5, 5.41) is 8.74. The number of rotatable bonds is 3. The first-order valence-corrected chi connectivity index (χ1v) is 5.75. The fraction of sp³-hybridized carbons (Fsp3) is 0.133. The molecule has 0 aliphatic carbocycles. The molecule has 0 unspecified atom stereocenters. The summed E-state index contributed by atoms with van der Waals surface area (Å²) in [7, 11) is 0. The van der Waals surface area contributed by atoms with E-state index in [4.69, 9.17) is 10.00 Å². The lowest BCUT2D eigenvalue weighted by atomic mass is 10.1. The van der Waals surface area contributed by atoms with E-state index >= 15 is 0 Å². The van der Waals surface area contributed by atoms with Gasteiger partial charge >= 0.3 is 0 Å². The maximum Gasteiger partial charge on any atom is 0.152 e. The topological polar surface area (TPSA) is 63.0 Å². The zero-order chi connectivity index (χ0) is 13.8. The molecule has 0 spiro atoms. The van der Waals surface area contributed by atoms with Gasteiger partial charge in [0.25, 0.3) is 0 Å². The van der Waals surface area contributed by atoms with Crippen LogP contribution in [0.5, 0.6) is 11.5 Å². The summed E-state index contributed by atoms with van der Waals surface area (Å²) in [6.07, 6.45) is 2.29. The van der Waals surface area contributed by atoms with Crippen molar-refractivity contribution in [2.24, 2.45) is 0 Å². The number of nitrogens with zero attached hydrogens (tertiary/aromatic N) is 2. The third-order valence-electron chi connectivity index (χ3n) is 2.83. The minimum Gasteiger partial charge on any atom is -0.455 e. The molecule has 0 aliphatic heterocycles. The largest absolute Gasteiger partial charge is 0.455 e. The molecule has 1 aromatic heterocycles. The van der Waals surface area contributed by atoms with Crippen molar-refractivity contribution < 1.29 is 9.53 Å². The summed E-state index contributed by atoms with van der Waals surface area (Å²) in [5.41, 5.74) is 2.55. The van der Waals surface area contributed by atoms with Crippen molar-refractivity contribution in [1.29, 1.82) is 5.26 Å². The van der Waals surface area contributed by atoms with Crippen LogP contribution in [0.15, 0.2) is 30.5 Å². The average Bonchev–Trinajstić information content (AvgIpc) is 2.44. The molecule has 2 rings (SSSR count). The van der Waals surface area contributed by atoms with E-state index < -0.39 is 0 Å². The lowest BCUT2D eigenvalue weighted by Crippen LogP contribution is -1.98. The van der Waals surface area contributed by atoms with E-state index in [9.17, 15) is 4.79 Å². The normalized spacial score (nSPS) is 9.74. The molecular weight excluding hydrogens is 240 g/mol. The summed E-state index contributed by atoms with van der Waals surface area (Å²) in [6.45, 7) is 3.64. The summed E-state index contributed by atoms with van der Waals surface area (Å²) in [4.78, 5) is 15.0. The van der Waals surface area contributed by atoms with Gasteiger partial charge in [0, 0.05) is 17.3 Å². The first-order valence-electron chi connectivity index (χ1n) is 5.75. The molecule has 1 aromatic carbocycles. The number of benzene rings is 1. The molecule has 0 saturated heterocycles. The minimum absolute atomic E-state index is 0.509. The molecule has 0 bridgehead atoms. The van der Waals surface area contributed by atoms with Crippen LogP contribution in [0.1, 0.15) is 27.2 Å². The summed E-state index contributed by atoms with van der Waals surface area (Å²) in [6, 6.07) is 8.83. The van der Waals surface area contributed by atoms with Gasteiger partial charge in [0.15, 0.2) is 12.0 Å². The molecule has 1 heterocycles. The predicted molar refractivity (Wildman–Crippen MR) is 70.3 cm³/mol. The van der Waals surface area contributed by atoms with Gasteiger partial charge in [0.2, 0.25) is 0 Å². The lowest BCUT2D eigenvalue weighted by molar-refractivity contribution is 0.112. The zero-order valence-electron chi connectivity index (χ0n) is 10.7. The van der Waals surface area contributed by atoms with Gasteiger partial charge in [0.1, 0.15) is 5.75 Å². The van der Waals surface area contributed by atoms with Crippen molar-refractivity contribution in [3.05, 3.63) is 52.8 Å². The van der Waals surface area contributed by atoms with Crippen molar-refractivity contribution in [2.75, 3.05) is 0 Å². The van der Waals surface area contributed by atoms with Gasteiger partial charge in [-0.15, -0.1) is 0 Å². The molecule has 4 heteroatoms. The van der Waals surface area contributed by atoms with E-state index in [0.29, 0.717) is 28.3 Å². The Morgan fingerprint density at radius 2 is 1.95 bits per heavy atom. The van der Waals surface area contributed by atoms with Crippen LogP contribution in [0.25, 0.3) is 0 Å². The SMILES string of the molecule is Cc1ncc(C=O)c(C)c1Oc1ccc(C#N)cc1. The second-order valence-electron chi connectivity index (χ2n) is 4.11. The predicted octanol–water partition coefficient (Wildman–Crippen LogP) is 3.17. The molecule has 94 valence electrons. The number of carbonyl (C=O) groups excluding carboxylic acids is 1.